The molecule has 0 radical (unpaired) electrons. The predicted molar refractivity (Wildman–Crippen MR) is 85.3 cm³/mol. The molecule has 2 aliphatic rings. The summed E-state index contributed by atoms with van der Waals surface area (Å²) in [7, 11) is 1.61. The van der Waals surface area contributed by atoms with Crippen LogP contribution >= 0.6 is 0 Å². The number of ether oxygens (including phenoxy) is 1. The molecule has 23 heavy (non-hydrogen) atoms. The summed E-state index contributed by atoms with van der Waals surface area (Å²) in [5, 5.41) is 1.42. The Morgan fingerprint density at radius 1 is 1.39 bits per heavy atom. The van der Waals surface area contributed by atoms with Crippen molar-refractivity contribution in [1.29, 1.82) is 0 Å². The van der Waals surface area contributed by atoms with E-state index in [2.05, 4.69) is 4.98 Å². The molecule has 0 aromatic carbocycles. The Hall–Kier alpha value is -2.34. The maximum atomic E-state index is 12.8. The fourth-order valence-electron chi connectivity index (χ4n) is 3.09. The van der Waals surface area contributed by atoms with Gasteiger partial charge in [-0.15, -0.1) is 0 Å². The number of imide groups is 1. The summed E-state index contributed by atoms with van der Waals surface area (Å²) in [6.45, 7) is 6.00. The highest BCUT2D eigenvalue weighted by Crippen LogP contribution is 2.15. The molecule has 0 N–H and O–H groups in total. The van der Waals surface area contributed by atoms with Gasteiger partial charge in [-0.2, -0.15) is 14.3 Å². The second-order valence-corrected chi connectivity index (χ2v) is 5.82. The minimum atomic E-state index is -0.295. The molecule has 1 aliphatic heterocycles. The first-order valence-corrected chi connectivity index (χ1v) is 7.73. The van der Waals surface area contributed by atoms with Gasteiger partial charge >= 0.3 is 11.9 Å². The van der Waals surface area contributed by atoms with Gasteiger partial charge < -0.3 is 4.74 Å². The minimum absolute atomic E-state index is 0.0739. The van der Waals surface area contributed by atoms with Crippen molar-refractivity contribution in [3.05, 3.63) is 40.2 Å². The molecule has 1 unspecified atom stereocenters. The van der Waals surface area contributed by atoms with Crippen LogP contribution < -0.4 is 15.2 Å². The molecular formula is C17H20N3O3+. The van der Waals surface area contributed by atoms with Crippen LogP contribution in [0.25, 0.3) is 6.08 Å². The van der Waals surface area contributed by atoms with Crippen molar-refractivity contribution in [2.75, 3.05) is 13.7 Å². The molecule has 6 heteroatoms. The third kappa shape index (κ3) is 2.21. The van der Waals surface area contributed by atoms with Crippen LogP contribution in [0.2, 0.25) is 0 Å². The molecule has 3 amide bonds. The van der Waals surface area contributed by atoms with Crippen LogP contribution in [0, 0.1) is 0 Å². The van der Waals surface area contributed by atoms with Gasteiger partial charge in [-0.3, -0.25) is 4.98 Å². The van der Waals surface area contributed by atoms with Gasteiger partial charge in [-0.1, -0.05) is 6.08 Å². The first-order chi connectivity index (χ1) is 11.0. The Bertz CT molecular complexity index is 839. The van der Waals surface area contributed by atoms with Crippen LogP contribution in [0.5, 0.6) is 0 Å². The number of aromatic nitrogens is 1. The van der Waals surface area contributed by atoms with E-state index in [1.807, 2.05) is 32.1 Å². The summed E-state index contributed by atoms with van der Waals surface area (Å²) in [5.41, 5.74) is 1.19. The summed E-state index contributed by atoms with van der Waals surface area (Å²) >= 11 is 0. The van der Waals surface area contributed by atoms with Gasteiger partial charge in [0, 0.05) is 18.5 Å². The smallest absolute Gasteiger partial charge is 0.371 e. The first-order valence-electron chi connectivity index (χ1n) is 7.73. The van der Waals surface area contributed by atoms with Crippen LogP contribution in [-0.2, 0) is 4.74 Å². The number of nitrogens with zero attached hydrogens (tertiary/aromatic N) is 3. The lowest BCUT2D eigenvalue weighted by Gasteiger charge is -2.22. The van der Waals surface area contributed by atoms with E-state index in [-0.39, 0.29) is 24.1 Å². The van der Waals surface area contributed by atoms with Crippen molar-refractivity contribution in [3.63, 3.8) is 0 Å². The average Bonchev–Trinajstić information content (AvgIpc) is 2.54. The zero-order chi connectivity index (χ0) is 16.7. The van der Waals surface area contributed by atoms with Gasteiger partial charge in [0.05, 0.1) is 18.3 Å². The van der Waals surface area contributed by atoms with Gasteiger partial charge in [0.1, 0.15) is 11.7 Å². The van der Waals surface area contributed by atoms with E-state index < -0.39 is 0 Å². The molecular weight excluding hydrogens is 294 g/mol. The standard InChI is InChI=1S/C17H20N3O3/c1-5-19-16(21)12-9-18-14-11(7-6-8-13(14)23-4)15(12)20(10(2)3)17(19)22/h6-10,13H,5H2,1-4H3/q+1. The van der Waals surface area contributed by atoms with Gasteiger partial charge in [-0.05, 0) is 32.9 Å². The normalized spacial score (nSPS) is 19.8. The molecule has 6 nitrogen and oxygen atoms in total. The number of fused-ring (bicyclic) bond motifs is 3. The molecule has 120 valence electrons. The van der Waals surface area contributed by atoms with Gasteiger partial charge in [-0.25, -0.2) is 4.79 Å². The van der Waals surface area contributed by atoms with Crippen molar-refractivity contribution >= 4 is 18.0 Å². The SMILES string of the molecule is CCN1C(=O)c2cnc3c(c2=[N+](C(C)C)C1=O)=CC=CC3OC. The van der Waals surface area contributed by atoms with Crippen molar-refractivity contribution in [1.82, 2.24) is 14.5 Å². The summed E-state index contributed by atoms with van der Waals surface area (Å²) in [6, 6.07) is -0.361. The molecule has 1 atom stereocenters. The highest BCUT2D eigenvalue weighted by Gasteiger charge is 2.41. The Kier molecular flexibility index (Phi) is 3.85. The second-order valence-electron chi connectivity index (χ2n) is 5.82. The second kappa shape index (κ2) is 5.70. The topological polar surface area (TPSA) is 62.5 Å². The molecule has 1 aliphatic carbocycles. The molecule has 2 heterocycles. The maximum Gasteiger partial charge on any atom is 0.501 e. The predicted octanol–water partition coefficient (Wildman–Crippen LogP) is 0.615. The average molecular weight is 314 g/mol. The van der Waals surface area contributed by atoms with Crippen LogP contribution in [0.1, 0.15) is 42.9 Å². The van der Waals surface area contributed by atoms with E-state index in [9.17, 15) is 9.59 Å². The number of carbonyl (C=O) groups excluding carboxylic acids is 2. The van der Waals surface area contributed by atoms with E-state index in [1.165, 1.54) is 4.90 Å². The highest BCUT2D eigenvalue weighted by molar-refractivity contribution is 6.06. The van der Waals surface area contributed by atoms with Crippen molar-refractivity contribution in [2.45, 2.75) is 32.9 Å². The Balaban J connectivity index is 2.46. The molecule has 1 aromatic heterocycles. The van der Waals surface area contributed by atoms with Crippen molar-refractivity contribution < 1.29 is 14.3 Å². The Morgan fingerprint density at radius 2 is 2.13 bits per heavy atom. The molecule has 0 bridgehead atoms. The summed E-state index contributed by atoms with van der Waals surface area (Å²) in [5.74, 6) is -0.295. The van der Waals surface area contributed by atoms with Crippen LogP contribution in [-0.4, -0.2) is 41.5 Å². The molecule has 0 spiro atoms. The number of methoxy groups -OCH3 is 1. The molecule has 3 rings (SSSR count). The number of amides is 3. The zero-order valence-corrected chi connectivity index (χ0v) is 13.7. The number of carbonyl (C=O) groups is 2. The van der Waals surface area contributed by atoms with Gasteiger partial charge in [0.25, 0.3) is 0 Å². The van der Waals surface area contributed by atoms with E-state index in [1.54, 1.807) is 24.8 Å². The van der Waals surface area contributed by atoms with Crippen molar-refractivity contribution in [3.8, 4) is 0 Å². The highest BCUT2D eigenvalue weighted by atomic mass is 16.5. The monoisotopic (exact) mass is 314 g/mol. The number of allylic oxidation sites excluding steroid dienone is 1. The van der Waals surface area contributed by atoms with Crippen molar-refractivity contribution in [2.24, 2.45) is 0 Å². The number of rotatable bonds is 3. The van der Waals surface area contributed by atoms with Gasteiger partial charge in [0.15, 0.2) is 5.36 Å². The van der Waals surface area contributed by atoms with Crippen LogP contribution in [0.3, 0.4) is 0 Å². The summed E-state index contributed by atoms with van der Waals surface area (Å²) in [4.78, 5) is 31.1. The fourth-order valence-corrected chi connectivity index (χ4v) is 3.09. The molecule has 0 saturated heterocycles. The Labute approximate surface area is 134 Å². The molecule has 0 saturated carbocycles. The van der Waals surface area contributed by atoms with E-state index in [0.29, 0.717) is 17.5 Å². The quantitative estimate of drug-likeness (QED) is 0.767. The van der Waals surface area contributed by atoms with Gasteiger partial charge in [0.2, 0.25) is 0 Å². The summed E-state index contributed by atoms with van der Waals surface area (Å²) < 4.78 is 7.10. The number of hydrogen-bond acceptors (Lipinski definition) is 4. The molecule has 0 fully saturated rings. The number of urea groups is 1. The zero-order valence-electron chi connectivity index (χ0n) is 13.7. The van der Waals surface area contributed by atoms with E-state index in [4.69, 9.17) is 4.74 Å². The number of pyridine rings is 1. The lowest BCUT2D eigenvalue weighted by Crippen LogP contribution is -2.61. The number of hydrogen-bond donors (Lipinski definition) is 0. The maximum absolute atomic E-state index is 12.8. The first kappa shape index (κ1) is 15.6. The van der Waals surface area contributed by atoms with E-state index >= 15 is 0 Å². The largest absolute Gasteiger partial charge is 0.501 e. The lowest BCUT2D eigenvalue weighted by atomic mass is 10.0. The lowest BCUT2D eigenvalue weighted by molar-refractivity contribution is 0.0780. The van der Waals surface area contributed by atoms with Crippen LogP contribution in [0.4, 0.5) is 4.79 Å². The minimum Gasteiger partial charge on any atom is -0.371 e. The third-order valence-electron chi connectivity index (χ3n) is 4.18. The fraction of sp³-hybridized carbons (Fsp3) is 0.412. The third-order valence-corrected chi connectivity index (χ3v) is 4.18. The molecule has 1 aromatic rings. The Morgan fingerprint density at radius 3 is 2.74 bits per heavy atom. The summed E-state index contributed by atoms with van der Waals surface area (Å²) in [6.07, 6.45) is 6.93. The van der Waals surface area contributed by atoms with Crippen LogP contribution in [0.15, 0.2) is 18.3 Å². The van der Waals surface area contributed by atoms with E-state index in [0.717, 1.165) is 10.9 Å².